The summed E-state index contributed by atoms with van der Waals surface area (Å²) >= 11 is 0. The highest BCUT2D eigenvalue weighted by Crippen LogP contribution is 2.24. The second-order valence-corrected chi connectivity index (χ2v) is 6.21. The Bertz CT molecular complexity index is 603. The summed E-state index contributed by atoms with van der Waals surface area (Å²) in [5, 5.41) is 16.1. The van der Waals surface area contributed by atoms with Crippen molar-refractivity contribution >= 4 is 10.9 Å². The standard InChI is InChI=1S/C16H23N3O/c1-16(20)8-5-10-19(11-9-16)12-14-13-6-3-4-7-15(13)18(2)17-14/h3-4,6-7,20H,5,8-12H2,1-2H3. The number of aromatic nitrogens is 2. The molecule has 1 atom stereocenters. The van der Waals surface area contributed by atoms with Crippen LogP contribution in [0.1, 0.15) is 31.9 Å². The fourth-order valence-electron chi connectivity index (χ4n) is 3.09. The monoisotopic (exact) mass is 273 g/mol. The van der Waals surface area contributed by atoms with E-state index in [0.29, 0.717) is 0 Å². The van der Waals surface area contributed by atoms with E-state index in [2.05, 4.69) is 34.3 Å². The molecule has 0 saturated carbocycles. The predicted molar refractivity (Wildman–Crippen MR) is 80.5 cm³/mol. The van der Waals surface area contributed by atoms with Gasteiger partial charge in [-0.2, -0.15) is 5.10 Å². The van der Waals surface area contributed by atoms with Crippen molar-refractivity contribution < 1.29 is 5.11 Å². The van der Waals surface area contributed by atoms with E-state index < -0.39 is 5.60 Å². The lowest BCUT2D eigenvalue weighted by molar-refractivity contribution is 0.0444. The molecule has 1 aliphatic heterocycles. The third kappa shape index (κ3) is 2.72. The zero-order chi connectivity index (χ0) is 14.2. The molecule has 20 heavy (non-hydrogen) atoms. The van der Waals surface area contributed by atoms with E-state index in [1.165, 1.54) is 10.9 Å². The highest BCUT2D eigenvalue weighted by atomic mass is 16.3. The molecular weight excluding hydrogens is 250 g/mol. The Morgan fingerprint density at radius 2 is 2.05 bits per heavy atom. The smallest absolute Gasteiger partial charge is 0.0843 e. The molecule has 1 aromatic heterocycles. The molecule has 2 aromatic rings. The lowest BCUT2D eigenvalue weighted by Crippen LogP contribution is -2.28. The molecule has 1 aromatic carbocycles. The minimum absolute atomic E-state index is 0.499. The molecule has 1 N–H and O–H groups in total. The Kier molecular flexibility index (Phi) is 3.52. The molecular formula is C16H23N3O. The largest absolute Gasteiger partial charge is 0.390 e. The summed E-state index contributed by atoms with van der Waals surface area (Å²) in [6, 6.07) is 8.38. The van der Waals surface area contributed by atoms with Gasteiger partial charge in [-0.25, -0.2) is 0 Å². The second kappa shape index (κ2) is 5.19. The number of nitrogens with zero attached hydrogens (tertiary/aromatic N) is 3. The average Bonchev–Trinajstić information content (AvgIpc) is 2.62. The van der Waals surface area contributed by atoms with E-state index in [0.717, 1.165) is 44.6 Å². The molecule has 0 radical (unpaired) electrons. The average molecular weight is 273 g/mol. The Hall–Kier alpha value is -1.39. The van der Waals surface area contributed by atoms with Crippen LogP contribution in [0.5, 0.6) is 0 Å². The molecule has 0 amide bonds. The van der Waals surface area contributed by atoms with Crippen molar-refractivity contribution in [1.82, 2.24) is 14.7 Å². The molecule has 1 fully saturated rings. The summed E-state index contributed by atoms with van der Waals surface area (Å²) in [7, 11) is 2.00. The van der Waals surface area contributed by atoms with Crippen molar-refractivity contribution in [3.63, 3.8) is 0 Å². The highest BCUT2D eigenvalue weighted by Gasteiger charge is 2.25. The summed E-state index contributed by atoms with van der Waals surface area (Å²) < 4.78 is 1.96. The van der Waals surface area contributed by atoms with Gasteiger partial charge in [0.25, 0.3) is 0 Å². The van der Waals surface area contributed by atoms with Crippen molar-refractivity contribution in [2.45, 2.75) is 38.3 Å². The topological polar surface area (TPSA) is 41.3 Å². The van der Waals surface area contributed by atoms with Gasteiger partial charge < -0.3 is 5.11 Å². The van der Waals surface area contributed by atoms with Gasteiger partial charge in [0.15, 0.2) is 0 Å². The number of hydrogen-bond acceptors (Lipinski definition) is 3. The van der Waals surface area contributed by atoms with Crippen LogP contribution in [0.2, 0.25) is 0 Å². The van der Waals surface area contributed by atoms with Crippen molar-refractivity contribution in [1.29, 1.82) is 0 Å². The normalized spacial score (nSPS) is 24.9. The summed E-state index contributed by atoms with van der Waals surface area (Å²) in [5.41, 5.74) is 1.83. The van der Waals surface area contributed by atoms with Crippen LogP contribution in [0.15, 0.2) is 24.3 Å². The Balaban J connectivity index is 1.80. The third-order valence-corrected chi connectivity index (χ3v) is 4.36. The number of para-hydroxylation sites is 1. The zero-order valence-electron chi connectivity index (χ0n) is 12.3. The van der Waals surface area contributed by atoms with E-state index in [9.17, 15) is 5.11 Å². The minimum Gasteiger partial charge on any atom is -0.390 e. The fourth-order valence-corrected chi connectivity index (χ4v) is 3.09. The van der Waals surface area contributed by atoms with Crippen LogP contribution in [0.25, 0.3) is 10.9 Å². The Labute approximate surface area is 120 Å². The molecule has 1 unspecified atom stereocenters. The van der Waals surface area contributed by atoms with E-state index in [-0.39, 0.29) is 0 Å². The van der Waals surface area contributed by atoms with Gasteiger partial charge in [-0.05, 0) is 38.8 Å². The van der Waals surface area contributed by atoms with Gasteiger partial charge >= 0.3 is 0 Å². The molecule has 0 aliphatic carbocycles. The summed E-state index contributed by atoms with van der Waals surface area (Å²) in [4.78, 5) is 2.41. The number of hydrogen-bond donors (Lipinski definition) is 1. The molecule has 108 valence electrons. The van der Waals surface area contributed by atoms with E-state index in [1.807, 2.05) is 18.7 Å². The number of rotatable bonds is 2. The number of benzene rings is 1. The fraction of sp³-hybridized carbons (Fsp3) is 0.562. The van der Waals surface area contributed by atoms with Crippen molar-refractivity contribution in [2.24, 2.45) is 7.05 Å². The van der Waals surface area contributed by atoms with Gasteiger partial charge in [-0.1, -0.05) is 18.2 Å². The first-order chi connectivity index (χ1) is 9.55. The molecule has 4 heteroatoms. The summed E-state index contributed by atoms with van der Waals surface area (Å²) in [6.45, 7) is 4.81. The van der Waals surface area contributed by atoms with Crippen LogP contribution in [0.4, 0.5) is 0 Å². The summed E-state index contributed by atoms with van der Waals surface area (Å²) in [5.74, 6) is 0. The van der Waals surface area contributed by atoms with E-state index in [4.69, 9.17) is 0 Å². The molecule has 3 rings (SSSR count). The molecule has 0 spiro atoms. The van der Waals surface area contributed by atoms with E-state index in [1.54, 1.807) is 0 Å². The second-order valence-electron chi connectivity index (χ2n) is 6.21. The molecule has 0 bridgehead atoms. The first kappa shape index (κ1) is 13.6. The third-order valence-electron chi connectivity index (χ3n) is 4.36. The maximum atomic E-state index is 10.2. The first-order valence-corrected chi connectivity index (χ1v) is 7.40. The zero-order valence-corrected chi connectivity index (χ0v) is 12.3. The Morgan fingerprint density at radius 3 is 2.90 bits per heavy atom. The van der Waals surface area contributed by atoms with Gasteiger partial charge in [0.05, 0.1) is 16.8 Å². The predicted octanol–water partition coefficient (Wildman–Crippen LogP) is 2.31. The maximum absolute atomic E-state index is 10.2. The number of aryl methyl sites for hydroxylation is 1. The first-order valence-electron chi connectivity index (χ1n) is 7.40. The van der Waals surface area contributed by atoms with Gasteiger partial charge in [0, 0.05) is 25.5 Å². The van der Waals surface area contributed by atoms with Crippen molar-refractivity contribution in [3.8, 4) is 0 Å². The van der Waals surface area contributed by atoms with Crippen molar-refractivity contribution in [3.05, 3.63) is 30.0 Å². The lowest BCUT2D eigenvalue weighted by Gasteiger charge is -2.21. The quantitative estimate of drug-likeness (QED) is 0.913. The molecule has 4 nitrogen and oxygen atoms in total. The maximum Gasteiger partial charge on any atom is 0.0843 e. The van der Waals surface area contributed by atoms with Gasteiger partial charge in [-0.3, -0.25) is 9.58 Å². The molecule has 1 aliphatic rings. The number of fused-ring (bicyclic) bond motifs is 1. The van der Waals surface area contributed by atoms with Crippen LogP contribution in [-0.4, -0.2) is 38.5 Å². The van der Waals surface area contributed by atoms with E-state index >= 15 is 0 Å². The van der Waals surface area contributed by atoms with Crippen LogP contribution >= 0.6 is 0 Å². The van der Waals surface area contributed by atoms with Crippen molar-refractivity contribution in [2.75, 3.05) is 13.1 Å². The van der Waals surface area contributed by atoms with Crippen LogP contribution < -0.4 is 0 Å². The van der Waals surface area contributed by atoms with Crippen LogP contribution in [0, 0.1) is 0 Å². The van der Waals surface area contributed by atoms with Gasteiger partial charge in [0.2, 0.25) is 0 Å². The number of likely N-dealkylation sites (tertiary alicyclic amines) is 1. The molecule has 1 saturated heterocycles. The van der Waals surface area contributed by atoms with Crippen LogP contribution in [0.3, 0.4) is 0 Å². The summed E-state index contributed by atoms with van der Waals surface area (Å²) in [6.07, 6.45) is 2.79. The van der Waals surface area contributed by atoms with Gasteiger partial charge in [0.1, 0.15) is 0 Å². The lowest BCUT2D eigenvalue weighted by atomic mass is 9.98. The van der Waals surface area contributed by atoms with Gasteiger partial charge in [-0.15, -0.1) is 0 Å². The highest BCUT2D eigenvalue weighted by molar-refractivity contribution is 5.81. The number of aliphatic hydroxyl groups is 1. The molecule has 2 heterocycles. The minimum atomic E-state index is -0.499. The SMILES string of the molecule is Cn1nc(CN2CCCC(C)(O)CC2)c2ccccc21. The van der Waals surface area contributed by atoms with Crippen LogP contribution in [-0.2, 0) is 13.6 Å². The Morgan fingerprint density at radius 1 is 1.25 bits per heavy atom.